The maximum absolute atomic E-state index is 10.2. The Kier molecular flexibility index (Phi) is 0.997. The summed E-state index contributed by atoms with van der Waals surface area (Å²) in [4.78, 5) is 20.4. The molecule has 0 aromatic carbocycles. The zero-order valence-electron chi connectivity index (χ0n) is 3.88. The van der Waals surface area contributed by atoms with Gasteiger partial charge in [0.15, 0.2) is 0 Å². The van der Waals surface area contributed by atoms with Gasteiger partial charge >= 0.3 is 5.56 Å². The van der Waals surface area contributed by atoms with Crippen LogP contribution in [0, 0.1) is 0 Å². The highest BCUT2D eigenvalue weighted by Crippen LogP contribution is 1.59. The summed E-state index contributed by atoms with van der Waals surface area (Å²) in [6.07, 6.45) is 1.11. The van der Waals surface area contributed by atoms with Crippen LogP contribution >= 0.6 is 0 Å². The van der Waals surface area contributed by atoms with Crippen molar-refractivity contribution in [1.82, 2.24) is 5.16 Å². The Morgan fingerprint density at radius 2 is 2.25 bits per heavy atom. The molecule has 0 unspecified atom stereocenters. The first-order valence-corrected chi connectivity index (χ1v) is 1.97. The van der Waals surface area contributed by atoms with Gasteiger partial charge in [0.05, 0.1) is 0 Å². The van der Waals surface area contributed by atoms with Crippen LogP contribution in [0.2, 0.25) is 0 Å². The molecule has 4 heteroatoms. The summed E-state index contributed by atoms with van der Waals surface area (Å²) in [7, 11) is 0. The molecule has 0 aliphatic rings. The SMILES string of the molecule is O=c1cco[nH]c1=O. The molecule has 0 spiro atoms. The van der Waals surface area contributed by atoms with Gasteiger partial charge in [-0.1, -0.05) is 0 Å². The van der Waals surface area contributed by atoms with Gasteiger partial charge in [-0.2, -0.15) is 5.16 Å². The van der Waals surface area contributed by atoms with E-state index in [0.717, 1.165) is 12.3 Å². The van der Waals surface area contributed by atoms with E-state index in [-0.39, 0.29) is 0 Å². The summed E-state index contributed by atoms with van der Waals surface area (Å²) in [5, 5.41) is 1.86. The Morgan fingerprint density at radius 3 is 2.62 bits per heavy atom. The van der Waals surface area contributed by atoms with Crippen LogP contribution in [-0.4, -0.2) is 5.16 Å². The minimum atomic E-state index is -0.729. The van der Waals surface area contributed by atoms with Gasteiger partial charge in [0.25, 0.3) is 0 Å². The highest BCUT2D eigenvalue weighted by Gasteiger charge is 1.85. The summed E-state index contributed by atoms with van der Waals surface area (Å²) >= 11 is 0. The van der Waals surface area contributed by atoms with E-state index in [0.29, 0.717) is 0 Å². The third kappa shape index (κ3) is 0.676. The molecule has 0 bridgehead atoms. The average Bonchev–Trinajstić information content (AvgIpc) is 1.77. The smallest absolute Gasteiger partial charge is 0.324 e. The molecule has 0 saturated heterocycles. The highest BCUT2D eigenvalue weighted by molar-refractivity contribution is 4.81. The summed E-state index contributed by atoms with van der Waals surface area (Å²) < 4.78 is 4.25. The number of aromatic amines is 1. The van der Waals surface area contributed by atoms with Crippen molar-refractivity contribution >= 4 is 0 Å². The van der Waals surface area contributed by atoms with Crippen LogP contribution in [0.5, 0.6) is 0 Å². The van der Waals surface area contributed by atoms with Crippen LogP contribution in [-0.2, 0) is 0 Å². The monoisotopic (exact) mass is 113 g/mol. The molecular weight excluding hydrogens is 110 g/mol. The molecule has 1 aromatic heterocycles. The van der Waals surface area contributed by atoms with E-state index in [1.807, 2.05) is 5.16 Å². The Hall–Kier alpha value is -1.32. The largest absolute Gasteiger partial charge is 0.387 e. The van der Waals surface area contributed by atoms with Crippen molar-refractivity contribution < 1.29 is 4.52 Å². The second kappa shape index (κ2) is 1.65. The molecule has 0 amide bonds. The Bertz CT molecular complexity index is 242. The van der Waals surface area contributed by atoms with Crippen LogP contribution in [0.1, 0.15) is 0 Å². The van der Waals surface area contributed by atoms with Crippen LogP contribution < -0.4 is 11.0 Å². The standard InChI is InChI=1S/C4H3NO3/c6-3-1-2-8-5-4(3)7/h1-2H,(H,5,7). The van der Waals surface area contributed by atoms with Crippen molar-refractivity contribution in [3.63, 3.8) is 0 Å². The average molecular weight is 113 g/mol. The van der Waals surface area contributed by atoms with E-state index in [1.165, 1.54) is 0 Å². The number of rotatable bonds is 0. The maximum atomic E-state index is 10.2. The molecule has 0 saturated carbocycles. The van der Waals surface area contributed by atoms with Crippen molar-refractivity contribution in [2.24, 2.45) is 0 Å². The van der Waals surface area contributed by atoms with Gasteiger partial charge in [-0.15, -0.1) is 0 Å². The molecule has 4 nitrogen and oxygen atoms in total. The van der Waals surface area contributed by atoms with Crippen LogP contribution in [0.15, 0.2) is 26.4 Å². The molecular formula is C4H3NO3. The second-order valence-electron chi connectivity index (χ2n) is 1.22. The topological polar surface area (TPSA) is 63.1 Å². The van der Waals surface area contributed by atoms with Gasteiger partial charge in [-0.25, -0.2) is 0 Å². The quantitative estimate of drug-likeness (QED) is 0.454. The lowest BCUT2D eigenvalue weighted by Gasteiger charge is -1.74. The molecule has 1 N–H and O–H groups in total. The first-order valence-electron chi connectivity index (χ1n) is 1.97. The zero-order valence-corrected chi connectivity index (χ0v) is 3.88. The van der Waals surface area contributed by atoms with Crippen molar-refractivity contribution in [2.45, 2.75) is 0 Å². The van der Waals surface area contributed by atoms with Gasteiger partial charge in [0, 0.05) is 6.07 Å². The van der Waals surface area contributed by atoms with E-state index in [1.54, 1.807) is 0 Å². The van der Waals surface area contributed by atoms with Crippen molar-refractivity contribution in [2.75, 3.05) is 0 Å². The summed E-state index contributed by atoms with van der Waals surface area (Å²) in [6, 6.07) is 1.05. The molecule has 42 valence electrons. The molecule has 0 aliphatic heterocycles. The minimum absolute atomic E-state index is 0.587. The van der Waals surface area contributed by atoms with Gasteiger partial charge in [0.2, 0.25) is 5.43 Å². The number of nitrogens with one attached hydrogen (secondary N) is 1. The van der Waals surface area contributed by atoms with E-state index in [9.17, 15) is 9.59 Å². The fraction of sp³-hybridized carbons (Fsp3) is 0. The van der Waals surface area contributed by atoms with Gasteiger partial charge < -0.3 is 4.52 Å². The van der Waals surface area contributed by atoms with E-state index < -0.39 is 11.0 Å². The number of H-pyrrole nitrogens is 1. The Morgan fingerprint density at radius 1 is 1.50 bits per heavy atom. The lowest BCUT2D eigenvalue weighted by atomic mass is 10.6. The third-order valence-electron chi connectivity index (χ3n) is 0.663. The van der Waals surface area contributed by atoms with Crippen LogP contribution in [0.3, 0.4) is 0 Å². The fourth-order valence-corrected chi connectivity index (χ4v) is 0.309. The van der Waals surface area contributed by atoms with Crippen molar-refractivity contribution in [3.05, 3.63) is 32.9 Å². The summed E-state index contributed by atoms with van der Waals surface area (Å²) in [5.41, 5.74) is -1.32. The third-order valence-corrected chi connectivity index (χ3v) is 0.663. The Balaban J connectivity index is 3.59. The van der Waals surface area contributed by atoms with Crippen LogP contribution in [0.25, 0.3) is 0 Å². The van der Waals surface area contributed by atoms with E-state index in [4.69, 9.17) is 0 Å². The fourth-order valence-electron chi connectivity index (χ4n) is 0.309. The van der Waals surface area contributed by atoms with Crippen molar-refractivity contribution in [1.29, 1.82) is 0 Å². The number of hydrogen-bond acceptors (Lipinski definition) is 3. The second-order valence-corrected chi connectivity index (χ2v) is 1.22. The predicted octanol–water partition coefficient (Wildman–Crippen LogP) is -0.672. The first-order chi connectivity index (χ1) is 3.80. The molecule has 1 rings (SSSR count). The molecule has 0 radical (unpaired) electrons. The van der Waals surface area contributed by atoms with Gasteiger partial charge in [-0.05, 0) is 0 Å². The van der Waals surface area contributed by atoms with Crippen LogP contribution in [0.4, 0.5) is 0 Å². The van der Waals surface area contributed by atoms with Gasteiger partial charge in [-0.3, -0.25) is 9.59 Å². The molecule has 8 heavy (non-hydrogen) atoms. The molecule has 0 atom stereocenters. The van der Waals surface area contributed by atoms with E-state index >= 15 is 0 Å². The predicted molar refractivity (Wildman–Crippen MR) is 25.6 cm³/mol. The summed E-state index contributed by atoms with van der Waals surface area (Å²) in [6.45, 7) is 0. The number of hydrogen-bond donors (Lipinski definition) is 1. The van der Waals surface area contributed by atoms with E-state index in [2.05, 4.69) is 4.52 Å². The lowest BCUT2D eigenvalue weighted by molar-refractivity contribution is 0.388. The normalized spacial score (nSPS) is 9.00. The molecule has 1 heterocycles. The lowest BCUT2D eigenvalue weighted by Crippen LogP contribution is -2.23. The highest BCUT2D eigenvalue weighted by atomic mass is 16.5. The maximum Gasteiger partial charge on any atom is 0.324 e. The summed E-state index contributed by atoms with van der Waals surface area (Å²) in [5.74, 6) is 0. The molecule has 0 aliphatic carbocycles. The van der Waals surface area contributed by atoms with Gasteiger partial charge in [0.1, 0.15) is 6.26 Å². The van der Waals surface area contributed by atoms with Crippen molar-refractivity contribution in [3.8, 4) is 0 Å². The molecule has 1 aromatic rings. The minimum Gasteiger partial charge on any atom is -0.387 e. The first kappa shape index (κ1) is 4.83. The Labute approximate surface area is 43.7 Å². The zero-order chi connectivity index (χ0) is 5.98. The molecule has 0 fully saturated rings. The number of aromatic nitrogens is 1.